The van der Waals surface area contributed by atoms with Gasteiger partial charge >= 0.3 is 0 Å². The molecule has 2 aliphatic rings. The quantitative estimate of drug-likeness (QED) is 0.703. The molecule has 4 N–H and O–H groups in total. The Balaban J connectivity index is 0.00000112. The van der Waals surface area contributed by atoms with E-state index in [9.17, 15) is 4.79 Å². The molecule has 0 aromatic rings. The van der Waals surface area contributed by atoms with Crippen LogP contribution in [0, 0.1) is 11.3 Å². The van der Waals surface area contributed by atoms with Crippen LogP contribution in [0.2, 0.25) is 0 Å². The van der Waals surface area contributed by atoms with Crippen molar-refractivity contribution >= 4 is 18.3 Å². The van der Waals surface area contributed by atoms with Crippen LogP contribution in [-0.2, 0) is 4.79 Å². The summed E-state index contributed by atoms with van der Waals surface area (Å²) in [6, 6.07) is 0. The summed E-state index contributed by atoms with van der Waals surface area (Å²) >= 11 is 0. The molecule has 0 bridgehead atoms. The van der Waals surface area contributed by atoms with E-state index in [1.165, 1.54) is 19.3 Å². The van der Waals surface area contributed by atoms with Crippen LogP contribution in [0.1, 0.15) is 19.3 Å². The number of amides is 1. The highest BCUT2D eigenvalue weighted by molar-refractivity contribution is 5.85. The molecule has 2 unspecified atom stereocenters. The van der Waals surface area contributed by atoms with Crippen LogP contribution in [-0.4, -0.2) is 37.0 Å². The summed E-state index contributed by atoms with van der Waals surface area (Å²) in [5.74, 6) is 0.704. The average Bonchev–Trinajstić information content (AvgIpc) is 2.72. The number of carbonyl (C=O) groups excluding carboxylic acids is 1. The van der Waals surface area contributed by atoms with Crippen LogP contribution < -0.4 is 11.5 Å². The van der Waals surface area contributed by atoms with Crippen LogP contribution in [0.25, 0.3) is 0 Å². The fourth-order valence-electron chi connectivity index (χ4n) is 3.07. The average molecular weight is 234 g/mol. The Hall–Kier alpha value is -0.320. The molecule has 1 amide bonds. The molecule has 1 saturated heterocycles. The van der Waals surface area contributed by atoms with E-state index in [0.29, 0.717) is 12.5 Å². The maximum Gasteiger partial charge on any atom is 0.236 e. The maximum absolute atomic E-state index is 11.5. The molecule has 0 radical (unpaired) electrons. The van der Waals surface area contributed by atoms with Crippen molar-refractivity contribution in [2.45, 2.75) is 19.3 Å². The van der Waals surface area contributed by atoms with Gasteiger partial charge in [-0.1, -0.05) is 6.42 Å². The number of hydrogen-bond donors (Lipinski definition) is 2. The molecule has 1 aliphatic carbocycles. The Morgan fingerprint density at radius 1 is 1.47 bits per heavy atom. The first kappa shape index (κ1) is 12.7. The van der Waals surface area contributed by atoms with E-state index < -0.39 is 0 Å². The molecule has 2 rings (SSSR count). The van der Waals surface area contributed by atoms with E-state index in [4.69, 9.17) is 11.5 Å². The standard InChI is InChI=1S/C10H19N3O.ClH/c11-4-9(14)13-5-8-2-1-3-10(8,6-12)7-13;/h8H,1-7,11-12H2;1H. The lowest BCUT2D eigenvalue weighted by atomic mass is 9.81. The molecule has 1 heterocycles. The van der Waals surface area contributed by atoms with Crippen molar-refractivity contribution in [2.24, 2.45) is 22.8 Å². The van der Waals surface area contributed by atoms with Gasteiger partial charge in [0.2, 0.25) is 5.91 Å². The van der Waals surface area contributed by atoms with E-state index in [1.807, 2.05) is 4.90 Å². The first-order chi connectivity index (χ1) is 6.72. The van der Waals surface area contributed by atoms with Gasteiger partial charge in [0.05, 0.1) is 6.54 Å². The van der Waals surface area contributed by atoms with Crippen molar-refractivity contribution < 1.29 is 4.79 Å². The summed E-state index contributed by atoms with van der Waals surface area (Å²) < 4.78 is 0. The normalized spacial score (nSPS) is 33.7. The van der Waals surface area contributed by atoms with E-state index in [1.54, 1.807) is 0 Å². The summed E-state index contributed by atoms with van der Waals surface area (Å²) in [6.07, 6.45) is 3.68. The number of fused-ring (bicyclic) bond motifs is 1. The monoisotopic (exact) mass is 233 g/mol. The summed E-state index contributed by atoms with van der Waals surface area (Å²) in [7, 11) is 0. The van der Waals surface area contributed by atoms with Gasteiger partial charge < -0.3 is 16.4 Å². The van der Waals surface area contributed by atoms with Gasteiger partial charge in [0.25, 0.3) is 0 Å². The molecule has 0 spiro atoms. The van der Waals surface area contributed by atoms with Crippen LogP contribution in [0.3, 0.4) is 0 Å². The fraction of sp³-hybridized carbons (Fsp3) is 0.900. The highest BCUT2D eigenvalue weighted by Gasteiger charge is 2.49. The Bertz CT molecular complexity index is 249. The first-order valence-corrected chi connectivity index (χ1v) is 5.40. The molecule has 15 heavy (non-hydrogen) atoms. The summed E-state index contributed by atoms with van der Waals surface area (Å²) in [5.41, 5.74) is 11.4. The number of halogens is 1. The van der Waals surface area contributed by atoms with Gasteiger partial charge in [-0.25, -0.2) is 0 Å². The van der Waals surface area contributed by atoms with Gasteiger partial charge in [-0.15, -0.1) is 12.4 Å². The third-order valence-electron chi connectivity index (χ3n) is 3.97. The maximum atomic E-state index is 11.5. The third-order valence-corrected chi connectivity index (χ3v) is 3.97. The van der Waals surface area contributed by atoms with Crippen LogP contribution in [0.5, 0.6) is 0 Å². The number of nitrogens with zero attached hydrogens (tertiary/aromatic N) is 1. The van der Waals surface area contributed by atoms with Gasteiger partial charge in [0.1, 0.15) is 0 Å². The number of nitrogens with two attached hydrogens (primary N) is 2. The fourth-order valence-corrected chi connectivity index (χ4v) is 3.07. The third kappa shape index (κ3) is 1.98. The number of hydrogen-bond acceptors (Lipinski definition) is 3. The Labute approximate surface area is 96.8 Å². The largest absolute Gasteiger partial charge is 0.341 e. The number of rotatable bonds is 2. The van der Waals surface area contributed by atoms with E-state index in [2.05, 4.69) is 0 Å². The second-order valence-electron chi connectivity index (χ2n) is 4.63. The lowest BCUT2D eigenvalue weighted by Crippen LogP contribution is -2.38. The zero-order valence-electron chi connectivity index (χ0n) is 8.95. The molecule has 1 aliphatic heterocycles. The predicted molar refractivity (Wildman–Crippen MR) is 61.7 cm³/mol. The molecule has 1 saturated carbocycles. The zero-order chi connectivity index (χ0) is 10.2. The van der Waals surface area contributed by atoms with Gasteiger partial charge in [-0.2, -0.15) is 0 Å². The van der Waals surface area contributed by atoms with Crippen molar-refractivity contribution in [1.29, 1.82) is 0 Å². The minimum absolute atomic E-state index is 0. The molecule has 0 aromatic carbocycles. The van der Waals surface area contributed by atoms with Gasteiger partial charge in [-0.3, -0.25) is 4.79 Å². The summed E-state index contributed by atoms with van der Waals surface area (Å²) in [4.78, 5) is 13.4. The molecule has 2 fully saturated rings. The Morgan fingerprint density at radius 3 is 2.73 bits per heavy atom. The van der Waals surface area contributed by atoms with Gasteiger partial charge in [-0.05, 0) is 25.3 Å². The second-order valence-corrected chi connectivity index (χ2v) is 4.63. The van der Waals surface area contributed by atoms with E-state index >= 15 is 0 Å². The van der Waals surface area contributed by atoms with Gasteiger partial charge in [0.15, 0.2) is 0 Å². The molecule has 0 aromatic heterocycles. The molecule has 2 atom stereocenters. The van der Waals surface area contributed by atoms with Gasteiger partial charge in [0, 0.05) is 18.5 Å². The highest BCUT2D eigenvalue weighted by atomic mass is 35.5. The minimum Gasteiger partial charge on any atom is -0.341 e. The van der Waals surface area contributed by atoms with Crippen LogP contribution in [0.15, 0.2) is 0 Å². The lowest BCUT2D eigenvalue weighted by molar-refractivity contribution is -0.129. The lowest BCUT2D eigenvalue weighted by Gasteiger charge is -2.26. The van der Waals surface area contributed by atoms with Crippen molar-refractivity contribution in [3.05, 3.63) is 0 Å². The van der Waals surface area contributed by atoms with E-state index in [0.717, 1.165) is 13.1 Å². The van der Waals surface area contributed by atoms with Crippen LogP contribution >= 0.6 is 12.4 Å². The smallest absolute Gasteiger partial charge is 0.236 e. The number of likely N-dealkylation sites (tertiary alicyclic amines) is 1. The topological polar surface area (TPSA) is 72.4 Å². The van der Waals surface area contributed by atoms with Crippen molar-refractivity contribution in [3.63, 3.8) is 0 Å². The summed E-state index contributed by atoms with van der Waals surface area (Å²) in [6.45, 7) is 2.57. The molecule has 4 nitrogen and oxygen atoms in total. The number of carbonyl (C=O) groups is 1. The molecular weight excluding hydrogens is 214 g/mol. The van der Waals surface area contributed by atoms with Crippen molar-refractivity contribution in [3.8, 4) is 0 Å². The second kappa shape index (κ2) is 4.68. The SMILES string of the molecule is Cl.NCC(=O)N1CC2CCCC2(CN)C1. The van der Waals surface area contributed by atoms with Crippen LogP contribution in [0.4, 0.5) is 0 Å². The predicted octanol–water partition coefficient (Wildman–Crippen LogP) is -0.0457. The zero-order valence-corrected chi connectivity index (χ0v) is 9.76. The molecule has 88 valence electrons. The summed E-state index contributed by atoms with van der Waals surface area (Å²) in [5, 5.41) is 0. The molecule has 5 heteroatoms. The molecular formula is C10H20ClN3O. The van der Waals surface area contributed by atoms with E-state index in [-0.39, 0.29) is 30.3 Å². The Morgan fingerprint density at radius 2 is 2.20 bits per heavy atom. The highest BCUT2D eigenvalue weighted by Crippen LogP contribution is 2.47. The Kier molecular flexibility index (Phi) is 3.98. The van der Waals surface area contributed by atoms with Crippen molar-refractivity contribution in [1.82, 2.24) is 4.90 Å². The first-order valence-electron chi connectivity index (χ1n) is 5.40. The minimum atomic E-state index is 0. The van der Waals surface area contributed by atoms with Crippen molar-refractivity contribution in [2.75, 3.05) is 26.2 Å².